The third kappa shape index (κ3) is 4.41. The molecule has 35 heavy (non-hydrogen) atoms. The molecule has 2 aliphatic heterocycles. The highest BCUT2D eigenvalue weighted by molar-refractivity contribution is 5.95. The second-order valence-corrected chi connectivity index (χ2v) is 9.51. The first-order valence-electron chi connectivity index (χ1n) is 12.1. The van der Waals surface area contributed by atoms with Gasteiger partial charge in [0, 0.05) is 66.4 Å². The maximum Gasteiger partial charge on any atom is 0.273 e. The standard InChI is InChI=1S/C27H30N6O2/c1-5-16(2)26(35)23-12-25(34)33-24(30-23)10-17(3)27(31-33)32-9-8-22-21(15-32)11-20(14-29-22)19-7-6-18(4)28-13-19/h6-7,10-14,16,27,31H,5,8-9,15H2,1-4H3. The predicted octanol–water partition coefficient (Wildman–Crippen LogP) is 3.58. The minimum atomic E-state index is -0.274. The summed E-state index contributed by atoms with van der Waals surface area (Å²) >= 11 is 0. The third-order valence-electron chi connectivity index (χ3n) is 6.98. The SMILES string of the molecule is CCC(C)C(=O)c1cc(=O)n2c(n1)C=C(C)C(N1CCc3ncc(-c4ccc(C)nc4)cc3C1)N2. The molecule has 0 radical (unpaired) electrons. The first-order chi connectivity index (χ1) is 16.8. The molecular weight excluding hydrogens is 440 g/mol. The van der Waals surface area contributed by atoms with E-state index >= 15 is 0 Å². The highest BCUT2D eigenvalue weighted by atomic mass is 16.1. The van der Waals surface area contributed by atoms with Crippen LogP contribution < -0.4 is 11.0 Å². The monoisotopic (exact) mass is 470 g/mol. The Hall–Kier alpha value is -3.65. The van der Waals surface area contributed by atoms with Crippen LogP contribution in [0.3, 0.4) is 0 Å². The van der Waals surface area contributed by atoms with Crippen molar-refractivity contribution in [1.29, 1.82) is 0 Å². The van der Waals surface area contributed by atoms with Crippen molar-refractivity contribution in [3.05, 3.63) is 81.1 Å². The van der Waals surface area contributed by atoms with E-state index in [0.29, 0.717) is 18.8 Å². The van der Waals surface area contributed by atoms with Crippen LogP contribution in [-0.2, 0) is 13.0 Å². The molecule has 3 aromatic rings. The summed E-state index contributed by atoms with van der Waals surface area (Å²) in [6.45, 7) is 9.34. The van der Waals surface area contributed by atoms with Gasteiger partial charge >= 0.3 is 0 Å². The van der Waals surface area contributed by atoms with E-state index in [1.165, 1.54) is 16.3 Å². The van der Waals surface area contributed by atoms with Crippen LogP contribution in [0.1, 0.15) is 60.5 Å². The lowest BCUT2D eigenvalue weighted by atomic mass is 9.99. The molecule has 8 nitrogen and oxygen atoms in total. The molecule has 0 fully saturated rings. The molecule has 180 valence electrons. The van der Waals surface area contributed by atoms with Crippen molar-refractivity contribution in [3.8, 4) is 11.1 Å². The summed E-state index contributed by atoms with van der Waals surface area (Å²) in [5, 5.41) is 0. The maximum atomic E-state index is 12.9. The summed E-state index contributed by atoms with van der Waals surface area (Å²) < 4.78 is 1.45. The van der Waals surface area contributed by atoms with Crippen molar-refractivity contribution in [2.75, 3.05) is 12.0 Å². The van der Waals surface area contributed by atoms with Gasteiger partial charge in [-0.2, -0.15) is 0 Å². The normalized spacial score (nSPS) is 18.2. The van der Waals surface area contributed by atoms with E-state index in [0.717, 1.165) is 41.1 Å². The highest BCUT2D eigenvalue weighted by Gasteiger charge is 2.30. The summed E-state index contributed by atoms with van der Waals surface area (Å²) in [4.78, 5) is 41.4. The van der Waals surface area contributed by atoms with E-state index in [1.807, 2.05) is 52.2 Å². The minimum absolute atomic E-state index is 0.0964. The third-order valence-corrected chi connectivity index (χ3v) is 6.98. The molecule has 3 aromatic heterocycles. The van der Waals surface area contributed by atoms with Crippen molar-refractivity contribution in [2.45, 2.75) is 53.2 Å². The fourth-order valence-corrected chi connectivity index (χ4v) is 4.63. The smallest absolute Gasteiger partial charge is 0.273 e. The molecule has 2 unspecified atom stereocenters. The van der Waals surface area contributed by atoms with E-state index in [4.69, 9.17) is 4.98 Å². The maximum absolute atomic E-state index is 12.9. The Morgan fingerprint density at radius 3 is 2.71 bits per heavy atom. The van der Waals surface area contributed by atoms with Crippen LogP contribution in [0.5, 0.6) is 0 Å². The van der Waals surface area contributed by atoms with Crippen LogP contribution >= 0.6 is 0 Å². The van der Waals surface area contributed by atoms with Crippen molar-refractivity contribution >= 4 is 11.9 Å². The van der Waals surface area contributed by atoms with Gasteiger partial charge in [-0.05, 0) is 49.6 Å². The zero-order valence-corrected chi connectivity index (χ0v) is 20.6. The molecular formula is C27H30N6O2. The Balaban J connectivity index is 1.40. The molecule has 2 aliphatic rings. The molecule has 0 bridgehead atoms. The quantitative estimate of drug-likeness (QED) is 0.570. The number of fused-ring (bicyclic) bond motifs is 2. The molecule has 0 aromatic carbocycles. The van der Waals surface area contributed by atoms with Crippen LogP contribution in [0.15, 0.2) is 47.0 Å². The summed E-state index contributed by atoms with van der Waals surface area (Å²) in [5.74, 6) is 0.203. The van der Waals surface area contributed by atoms with Gasteiger partial charge in [0.15, 0.2) is 11.6 Å². The van der Waals surface area contributed by atoms with Gasteiger partial charge in [0.05, 0.1) is 0 Å². The van der Waals surface area contributed by atoms with Gasteiger partial charge in [-0.15, -0.1) is 0 Å². The largest absolute Gasteiger partial charge is 0.300 e. The Morgan fingerprint density at radius 1 is 1.17 bits per heavy atom. The van der Waals surface area contributed by atoms with Crippen molar-refractivity contribution < 1.29 is 4.79 Å². The molecule has 2 atom stereocenters. The number of hydrogen-bond donors (Lipinski definition) is 1. The first kappa shape index (κ1) is 23.1. The van der Waals surface area contributed by atoms with Crippen LogP contribution in [0, 0.1) is 12.8 Å². The van der Waals surface area contributed by atoms with Crippen LogP contribution in [0.4, 0.5) is 0 Å². The fraction of sp³-hybridized carbons (Fsp3) is 0.370. The number of nitrogens with one attached hydrogen (secondary N) is 1. The van der Waals surface area contributed by atoms with Gasteiger partial charge in [-0.3, -0.25) is 29.9 Å². The zero-order valence-electron chi connectivity index (χ0n) is 20.6. The van der Waals surface area contributed by atoms with Gasteiger partial charge in [0.2, 0.25) is 0 Å². The number of hydrogen-bond acceptors (Lipinski definition) is 7. The second kappa shape index (κ2) is 9.19. The van der Waals surface area contributed by atoms with E-state index in [1.54, 1.807) is 0 Å². The zero-order chi connectivity index (χ0) is 24.7. The van der Waals surface area contributed by atoms with Crippen LogP contribution in [-0.4, -0.2) is 43.0 Å². The van der Waals surface area contributed by atoms with Gasteiger partial charge in [0.1, 0.15) is 11.9 Å². The number of aryl methyl sites for hydroxylation is 1. The Kier molecular flexibility index (Phi) is 6.06. The number of nitrogens with zero attached hydrogens (tertiary/aromatic N) is 5. The van der Waals surface area contributed by atoms with E-state index in [-0.39, 0.29) is 29.1 Å². The van der Waals surface area contributed by atoms with E-state index in [2.05, 4.69) is 32.4 Å². The van der Waals surface area contributed by atoms with Crippen LogP contribution in [0.25, 0.3) is 17.2 Å². The average molecular weight is 471 g/mol. The number of carbonyl (C=O) groups excluding carboxylic acids is 1. The topological polar surface area (TPSA) is 93.0 Å². The molecule has 0 spiro atoms. The number of rotatable bonds is 5. The van der Waals surface area contributed by atoms with Gasteiger partial charge < -0.3 is 0 Å². The van der Waals surface area contributed by atoms with Gasteiger partial charge in [0.25, 0.3) is 5.56 Å². The summed E-state index contributed by atoms with van der Waals surface area (Å²) in [7, 11) is 0. The molecule has 0 saturated carbocycles. The molecule has 0 aliphatic carbocycles. The molecule has 5 heterocycles. The minimum Gasteiger partial charge on any atom is -0.300 e. The van der Waals surface area contributed by atoms with Gasteiger partial charge in [-0.1, -0.05) is 19.9 Å². The number of carbonyl (C=O) groups is 1. The highest BCUT2D eigenvalue weighted by Crippen LogP contribution is 2.27. The van der Waals surface area contributed by atoms with Crippen molar-refractivity contribution in [2.24, 2.45) is 5.92 Å². The predicted molar refractivity (Wildman–Crippen MR) is 135 cm³/mol. The molecule has 5 rings (SSSR count). The number of ketones is 1. The Morgan fingerprint density at radius 2 is 1.97 bits per heavy atom. The second-order valence-electron chi connectivity index (χ2n) is 9.51. The number of aromatic nitrogens is 4. The molecule has 0 amide bonds. The lowest BCUT2D eigenvalue weighted by molar-refractivity contribution is 0.0921. The molecule has 1 N–H and O–H groups in total. The van der Waals surface area contributed by atoms with E-state index in [9.17, 15) is 9.59 Å². The lowest BCUT2D eigenvalue weighted by Gasteiger charge is -2.38. The van der Waals surface area contributed by atoms with E-state index < -0.39 is 0 Å². The summed E-state index contributed by atoms with van der Waals surface area (Å²) in [6, 6.07) is 7.61. The first-order valence-corrected chi connectivity index (χ1v) is 12.1. The summed E-state index contributed by atoms with van der Waals surface area (Å²) in [6.07, 6.45) is 7.08. The molecule has 8 heteroatoms. The van der Waals surface area contributed by atoms with Crippen molar-refractivity contribution in [3.63, 3.8) is 0 Å². The Labute approximate surface area is 204 Å². The van der Waals surface area contributed by atoms with Crippen molar-refractivity contribution in [1.82, 2.24) is 24.5 Å². The number of pyridine rings is 2. The Bertz CT molecular complexity index is 1380. The fourth-order valence-electron chi connectivity index (χ4n) is 4.63. The number of Topliss-reactive ketones (excluding diaryl/α,β-unsaturated/α-hetero) is 1. The summed E-state index contributed by atoms with van der Waals surface area (Å²) in [5.41, 5.74) is 9.69. The van der Waals surface area contributed by atoms with Crippen LogP contribution in [0.2, 0.25) is 0 Å². The van der Waals surface area contributed by atoms with Gasteiger partial charge in [-0.25, -0.2) is 9.66 Å². The lowest BCUT2D eigenvalue weighted by Crippen LogP contribution is -2.51. The average Bonchev–Trinajstić information content (AvgIpc) is 2.87. The molecule has 0 saturated heterocycles.